The van der Waals surface area contributed by atoms with Crippen molar-refractivity contribution in [1.29, 1.82) is 0 Å². The molecule has 37 heavy (non-hydrogen) atoms. The lowest BCUT2D eigenvalue weighted by atomic mass is 10.0. The average Bonchev–Trinajstić information content (AvgIpc) is 2.90. The number of fused-ring (bicyclic) bond motifs is 1. The summed E-state index contributed by atoms with van der Waals surface area (Å²) in [6, 6.07) is 24.9. The lowest BCUT2D eigenvalue weighted by molar-refractivity contribution is 0.0733. The van der Waals surface area contributed by atoms with Gasteiger partial charge >= 0.3 is 0 Å². The van der Waals surface area contributed by atoms with Crippen molar-refractivity contribution in [3.63, 3.8) is 0 Å². The molecule has 1 aliphatic heterocycles. The van der Waals surface area contributed by atoms with E-state index in [2.05, 4.69) is 17.0 Å². The molecule has 0 bridgehead atoms. The maximum Gasteiger partial charge on any atom is 0.247 e. The van der Waals surface area contributed by atoms with Crippen LogP contribution in [0.3, 0.4) is 0 Å². The highest BCUT2D eigenvalue weighted by Gasteiger charge is 2.38. The van der Waals surface area contributed by atoms with Gasteiger partial charge in [-0.1, -0.05) is 85.8 Å². The first-order valence-corrected chi connectivity index (χ1v) is 14.1. The van der Waals surface area contributed by atoms with Gasteiger partial charge in [-0.2, -0.15) is 4.31 Å². The Labute approximate surface area is 220 Å². The molecule has 0 aliphatic carbocycles. The molecule has 0 spiro atoms. The highest BCUT2D eigenvalue weighted by Crippen LogP contribution is 2.34. The molecule has 196 valence electrons. The Balaban J connectivity index is 1.68. The van der Waals surface area contributed by atoms with Crippen LogP contribution in [0.5, 0.6) is 5.75 Å². The Bertz CT molecular complexity index is 1300. The van der Waals surface area contributed by atoms with Gasteiger partial charge in [0.25, 0.3) is 0 Å². The van der Waals surface area contributed by atoms with Gasteiger partial charge in [-0.3, -0.25) is 4.90 Å². The smallest absolute Gasteiger partial charge is 0.247 e. The third kappa shape index (κ3) is 6.67. The van der Waals surface area contributed by atoms with Crippen molar-refractivity contribution < 1.29 is 18.3 Å². The highest BCUT2D eigenvalue weighted by atomic mass is 32.2. The Kier molecular flexibility index (Phi) is 8.82. The second-order valence-electron chi connectivity index (χ2n) is 9.87. The second-order valence-corrected chi connectivity index (χ2v) is 11.7. The third-order valence-corrected chi connectivity index (χ3v) is 8.77. The topological polar surface area (TPSA) is 70.1 Å². The van der Waals surface area contributed by atoms with Crippen molar-refractivity contribution in [2.75, 3.05) is 26.7 Å². The molecule has 7 heteroatoms. The first kappa shape index (κ1) is 27.1. The molecule has 6 nitrogen and oxygen atoms in total. The maximum absolute atomic E-state index is 13.7. The monoisotopic (exact) mass is 520 g/mol. The van der Waals surface area contributed by atoms with E-state index in [0.717, 1.165) is 17.7 Å². The van der Waals surface area contributed by atoms with Gasteiger partial charge in [0.1, 0.15) is 16.7 Å². The van der Waals surface area contributed by atoms with E-state index < -0.39 is 16.1 Å². The molecule has 3 aromatic carbocycles. The van der Waals surface area contributed by atoms with Gasteiger partial charge in [-0.25, -0.2) is 8.42 Å². The van der Waals surface area contributed by atoms with Crippen molar-refractivity contribution >= 4 is 22.2 Å². The normalized spacial score (nSPS) is 20.7. The summed E-state index contributed by atoms with van der Waals surface area (Å²) in [5.41, 5.74) is 3.11. The maximum atomic E-state index is 13.7. The van der Waals surface area contributed by atoms with Crippen LogP contribution in [0.4, 0.5) is 0 Å². The minimum atomic E-state index is -3.86. The summed E-state index contributed by atoms with van der Waals surface area (Å²) in [5.74, 6) is 0.244. The molecule has 1 heterocycles. The van der Waals surface area contributed by atoms with Crippen molar-refractivity contribution in [3.8, 4) is 5.75 Å². The van der Waals surface area contributed by atoms with E-state index in [1.165, 1.54) is 9.87 Å². The molecule has 0 radical (unpaired) electrons. The minimum absolute atomic E-state index is 0.0985. The van der Waals surface area contributed by atoms with E-state index in [9.17, 15) is 13.5 Å². The van der Waals surface area contributed by atoms with Crippen molar-refractivity contribution in [3.05, 3.63) is 95.6 Å². The predicted molar refractivity (Wildman–Crippen MR) is 149 cm³/mol. The van der Waals surface area contributed by atoms with Gasteiger partial charge in [0.2, 0.25) is 10.0 Å². The molecule has 3 atom stereocenters. The van der Waals surface area contributed by atoms with Crippen LogP contribution < -0.4 is 4.74 Å². The lowest BCUT2D eigenvalue weighted by Crippen LogP contribution is -2.49. The number of rotatable bonds is 8. The Morgan fingerprint density at radius 3 is 2.35 bits per heavy atom. The Morgan fingerprint density at radius 2 is 1.68 bits per heavy atom. The molecule has 4 rings (SSSR count). The zero-order valence-electron chi connectivity index (χ0n) is 21.7. The van der Waals surface area contributed by atoms with Gasteiger partial charge in [0.05, 0.1) is 6.61 Å². The Hall–Kier alpha value is -2.97. The van der Waals surface area contributed by atoms with E-state index in [1.807, 2.05) is 74.7 Å². The van der Waals surface area contributed by atoms with Crippen LogP contribution in [0.1, 0.15) is 30.5 Å². The number of aliphatic hydroxyl groups is 1. The van der Waals surface area contributed by atoms with Gasteiger partial charge in [0.15, 0.2) is 0 Å². The van der Waals surface area contributed by atoms with Crippen LogP contribution in [-0.4, -0.2) is 61.6 Å². The van der Waals surface area contributed by atoms with Crippen LogP contribution in [0.25, 0.3) is 12.2 Å². The number of aliphatic hydroxyl groups excluding tert-OH is 1. The first-order chi connectivity index (χ1) is 17.8. The standard InChI is InChI=1S/C30H36N2O4S/c1-23-19-32(24(2)22-33)37(34,35)30-17-16-26(15-14-25-10-6-4-7-11-25)18-28(30)36-29(23)21-31(3)20-27-12-8-5-9-13-27/h4-18,23-24,29,33H,19-22H2,1-3H3/b15-14+/t23-,24+,29-/m0/s1. The van der Waals surface area contributed by atoms with Crippen LogP contribution in [0.2, 0.25) is 0 Å². The third-order valence-electron chi connectivity index (χ3n) is 6.75. The fourth-order valence-electron chi connectivity index (χ4n) is 4.59. The molecular formula is C30H36N2O4S. The average molecular weight is 521 g/mol. The van der Waals surface area contributed by atoms with E-state index in [4.69, 9.17) is 4.74 Å². The first-order valence-electron chi connectivity index (χ1n) is 12.7. The molecule has 0 unspecified atom stereocenters. The number of sulfonamides is 1. The quantitative estimate of drug-likeness (QED) is 0.434. The molecule has 0 aromatic heterocycles. The molecule has 0 saturated carbocycles. The summed E-state index contributed by atoms with van der Waals surface area (Å²) in [6.07, 6.45) is 3.70. The number of hydrogen-bond donors (Lipinski definition) is 1. The van der Waals surface area contributed by atoms with Gasteiger partial charge in [-0.15, -0.1) is 0 Å². The fourth-order valence-corrected chi connectivity index (χ4v) is 6.41. The summed E-state index contributed by atoms with van der Waals surface area (Å²) in [7, 11) is -1.81. The SMILES string of the molecule is C[C@H](CO)N1C[C@H](C)[C@H](CN(C)Cc2ccccc2)Oc2cc(/C=C/c3ccccc3)ccc2S1(=O)=O. The summed E-state index contributed by atoms with van der Waals surface area (Å²) in [4.78, 5) is 2.33. The molecule has 0 amide bonds. The predicted octanol–water partition coefficient (Wildman–Crippen LogP) is 4.76. The number of benzene rings is 3. The van der Waals surface area contributed by atoms with Crippen LogP contribution in [0, 0.1) is 5.92 Å². The molecule has 1 N–H and O–H groups in total. The van der Waals surface area contributed by atoms with Crippen molar-refractivity contribution in [2.45, 2.75) is 37.4 Å². The van der Waals surface area contributed by atoms with Crippen LogP contribution >= 0.6 is 0 Å². The minimum Gasteiger partial charge on any atom is -0.487 e. The number of hydrogen-bond acceptors (Lipinski definition) is 5. The lowest BCUT2D eigenvalue weighted by Gasteiger charge is -2.37. The summed E-state index contributed by atoms with van der Waals surface area (Å²) in [6.45, 7) is 5.15. The largest absolute Gasteiger partial charge is 0.487 e. The number of nitrogens with zero attached hydrogens (tertiary/aromatic N) is 2. The summed E-state index contributed by atoms with van der Waals surface area (Å²) < 4.78 is 35.3. The van der Waals surface area contributed by atoms with E-state index in [-0.39, 0.29) is 30.1 Å². The van der Waals surface area contributed by atoms with Gasteiger partial charge < -0.3 is 9.84 Å². The zero-order valence-corrected chi connectivity index (χ0v) is 22.5. The molecule has 1 aliphatic rings. The van der Waals surface area contributed by atoms with Crippen LogP contribution in [0.15, 0.2) is 83.8 Å². The Morgan fingerprint density at radius 1 is 1.03 bits per heavy atom. The fraction of sp³-hybridized carbons (Fsp3) is 0.333. The van der Waals surface area contributed by atoms with Gasteiger partial charge in [0, 0.05) is 31.6 Å². The van der Waals surface area contributed by atoms with E-state index >= 15 is 0 Å². The van der Waals surface area contributed by atoms with Crippen molar-refractivity contribution in [2.24, 2.45) is 5.92 Å². The molecular weight excluding hydrogens is 484 g/mol. The highest BCUT2D eigenvalue weighted by molar-refractivity contribution is 7.89. The van der Waals surface area contributed by atoms with Crippen molar-refractivity contribution in [1.82, 2.24) is 9.21 Å². The number of likely N-dealkylation sites (N-methyl/N-ethyl adjacent to an activating group) is 1. The van der Waals surface area contributed by atoms with Crippen LogP contribution in [-0.2, 0) is 16.6 Å². The summed E-state index contributed by atoms with van der Waals surface area (Å²) >= 11 is 0. The molecule has 0 fully saturated rings. The zero-order chi connectivity index (χ0) is 26.4. The number of ether oxygens (including phenoxy) is 1. The second kappa shape index (κ2) is 12.0. The summed E-state index contributed by atoms with van der Waals surface area (Å²) in [5, 5.41) is 9.86. The molecule has 0 saturated heterocycles. The van der Waals surface area contributed by atoms with E-state index in [1.54, 1.807) is 25.1 Å². The van der Waals surface area contributed by atoms with E-state index in [0.29, 0.717) is 12.3 Å². The van der Waals surface area contributed by atoms with Gasteiger partial charge in [-0.05, 0) is 42.8 Å². The molecule has 3 aromatic rings.